The molecule has 2 heterocycles. The van der Waals surface area contributed by atoms with Crippen LogP contribution >= 0.6 is 0 Å². The number of sulfone groups is 1. The van der Waals surface area contributed by atoms with Crippen molar-refractivity contribution in [2.24, 2.45) is 0 Å². The van der Waals surface area contributed by atoms with E-state index in [4.69, 9.17) is 0 Å². The summed E-state index contributed by atoms with van der Waals surface area (Å²) in [6, 6.07) is 12.8. The molecule has 2 aromatic carbocycles. The molecule has 0 aliphatic carbocycles. The van der Waals surface area contributed by atoms with E-state index in [1.807, 2.05) is 19.1 Å². The van der Waals surface area contributed by atoms with E-state index in [1.54, 1.807) is 18.2 Å². The highest BCUT2D eigenvalue weighted by Gasteiger charge is 2.52. The summed E-state index contributed by atoms with van der Waals surface area (Å²) in [5, 5.41) is 2.77. The Morgan fingerprint density at radius 3 is 2.28 bits per heavy atom. The van der Waals surface area contributed by atoms with Crippen LogP contribution < -0.4 is 10.2 Å². The fraction of sp³-hybridized carbons (Fsp3) is 0.231. The minimum Gasteiger partial charge on any atom is -0.320 e. The molecule has 4 amide bonds. The molecule has 0 unspecified atom stereocenters. The van der Waals surface area contributed by atoms with Crippen LogP contribution in [0.3, 0.4) is 0 Å². The van der Waals surface area contributed by atoms with Crippen LogP contribution in [0.4, 0.5) is 29.3 Å². The van der Waals surface area contributed by atoms with E-state index < -0.39 is 43.6 Å². The van der Waals surface area contributed by atoms with Crippen molar-refractivity contribution in [3.63, 3.8) is 0 Å². The normalized spacial score (nSPS) is 15.5. The first-order valence-electron chi connectivity index (χ1n) is 11.5. The molecule has 1 fully saturated rings. The zero-order valence-electron chi connectivity index (χ0n) is 21.0. The molecule has 0 bridgehead atoms. The number of hydrogen-bond donors (Lipinski definition) is 1. The maximum Gasteiger partial charge on any atom is 0.501 e. The predicted octanol–water partition coefficient (Wildman–Crippen LogP) is 4.68. The zero-order valence-corrected chi connectivity index (χ0v) is 21.8. The average Bonchev–Trinajstić information content (AvgIpc) is 3.04. The number of urea groups is 1. The Hall–Kier alpha value is -4.26. The first-order valence-corrected chi connectivity index (χ1v) is 13.0. The highest BCUT2D eigenvalue weighted by Crippen LogP contribution is 2.35. The third kappa shape index (κ3) is 5.09. The minimum absolute atomic E-state index is 0.0816. The van der Waals surface area contributed by atoms with Gasteiger partial charge in [-0.3, -0.25) is 14.6 Å². The third-order valence-electron chi connectivity index (χ3n) is 6.32. The number of amides is 4. The largest absolute Gasteiger partial charge is 0.501 e. The number of alkyl halides is 3. The lowest BCUT2D eigenvalue weighted by Gasteiger charge is -2.27. The molecular formula is C26H23F3N4O5S. The number of aryl methyl sites for hydroxylation is 1. The van der Waals surface area contributed by atoms with Gasteiger partial charge in [0.2, 0.25) is 0 Å². The maximum absolute atomic E-state index is 13.3. The van der Waals surface area contributed by atoms with Gasteiger partial charge in [-0.2, -0.15) is 13.2 Å². The smallest absolute Gasteiger partial charge is 0.320 e. The van der Waals surface area contributed by atoms with Crippen LogP contribution in [0.2, 0.25) is 0 Å². The second kappa shape index (κ2) is 9.80. The maximum atomic E-state index is 13.3. The summed E-state index contributed by atoms with van der Waals surface area (Å²) in [5.74, 6) is -1.13. The Bertz CT molecular complexity index is 1570. The van der Waals surface area contributed by atoms with E-state index in [0.29, 0.717) is 23.4 Å². The number of anilines is 2. The molecule has 1 saturated heterocycles. The van der Waals surface area contributed by atoms with Gasteiger partial charge in [-0.05, 0) is 74.4 Å². The van der Waals surface area contributed by atoms with Gasteiger partial charge in [-0.1, -0.05) is 18.2 Å². The van der Waals surface area contributed by atoms with Gasteiger partial charge in [-0.25, -0.2) is 18.1 Å². The van der Waals surface area contributed by atoms with Crippen molar-refractivity contribution in [2.75, 3.05) is 10.2 Å². The molecular weight excluding hydrogens is 537 g/mol. The van der Waals surface area contributed by atoms with Gasteiger partial charge >= 0.3 is 11.5 Å². The third-order valence-corrected chi connectivity index (χ3v) is 7.83. The van der Waals surface area contributed by atoms with Crippen LogP contribution in [0.1, 0.15) is 35.5 Å². The minimum atomic E-state index is -5.59. The fourth-order valence-electron chi connectivity index (χ4n) is 4.02. The van der Waals surface area contributed by atoms with Gasteiger partial charge in [0.05, 0.1) is 10.6 Å². The molecule has 1 aliphatic heterocycles. The number of aromatic nitrogens is 1. The molecule has 1 N–H and O–H groups in total. The summed E-state index contributed by atoms with van der Waals surface area (Å²) in [5.41, 5.74) is -4.88. The van der Waals surface area contributed by atoms with Crippen LogP contribution in [0.5, 0.6) is 0 Å². The van der Waals surface area contributed by atoms with Gasteiger partial charge in [0.15, 0.2) is 0 Å². The van der Waals surface area contributed by atoms with Gasteiger partial charge in [0.1, 0.15) is 11.2 Å². The lowest BCUT2D eigenvalue weighted by Crippen LogP contribution is -2.43. The topological polar surface area (TPSA) is 117 Å². The second-order valence-corrected chi connectivity index (χ2v) is 11.3. The van der Waals surface area contributed by atoms with Crippen LogP contribution in [-0.2, 0) is 21.2 Å². The lowest BCUT2D eigenvalue weighted by atomic mass is 10.0. The number of hydrogen-bond acceptors (Lipinski definition) is 6. The molecule has 0 saturated carbocycles. The number of halogens is 3. The monoisotopic (exact) mass is 560 g/mol. The van der Waals surface area contributed by atoms with Crippen molar-refractivity contribution >= 4 is 39.1 Å². The van der Waals surface area contributed by atoms with E-state index in [2.05, 4.69) is 10.3 Å². The first-order chi connectivity index (χ1) is 18.1. The molecule has 1 aliphatic rings. The number of carbonyl (C=O) groups is 3. The highest BCUT2D eigenvalue weighted by atomic mass is 32.2. The van der Waals surface area contributed by atoms with Crippen molar-refractivity contribution < 1.29 is 36.0 Å². The Morgan fingerprint density at radius 1 is 1.03 bits per heavy atom. The number of imide groups is 1. The van der Waals surface area contributed by atoms with Crippen LogP contribution in [0.15, 0.2) is 71.8 Å². The summed E-state index contributed by atoms with van der Waals surface area (Å²) in [4.78, 5) is 44.4. The molecule has 0 atom stereocenters. The second-order valence-electron chi connectivity index (χ2n) is 9.33. The molecule has 39 heavy (non-hydrogen) atoms. The predicted molar refractivity (Wildman–Crippen MR) is 136 cm³/mol. The van der Waals surface area contributed by atoms with Crippen LogP contribution in [0, 0.1) is 6.92 Å². The van der Waals surface area contributed by atoms with Gasteiger partial charge in [0.25, 0.3) is 21.7 Å². The number of pyridine rings is 1. The molecule has 4 rings (SSSR count). The van der Waals surface area contributed by atoms with Crippen LogP contribution in [-0.4, -0.2) is 47.2 Å². The summed E-state index contributed by atoms with van der Waals surface area (Å²) >= 11 is 0. The first kappa shape index (κ1) is 27.8. The van der Waals surface area contributed by atoms with Gasteiger partial charge in [-0.15, -0.1) is 0 Å². The molecule has 204 valence electrons. The number of benzene rings is 2. The van der Waals surface area contributed by atoms with E-state index in [9.17, 15) is 36.0 Å². The van der Waals surface area contributed by atoms with Crippen molar-refractivity contribution in [3.05, 3.63) is 83.7 Å². The number of nitrogens with zero attached hydrogens (tertiary/aromatic N) is 3. The molecule has 13 heteroatoms. The van der Waals surface area contributed by atoms with Gasteiger partial charge < -0.3 is 10.2 Å². The van der Waals surface area contributed by atoms with Crippen LogP contribution in [0.25, 0.3) is 0 Å². The lowest BCUT2D eigenvalue weighted by molar-refractivity contribution is -0.123. The molecule has 0 radical (unpaired) electrons. The Morgan fingerprint density at radius 2 is 1.67 bits per heavy atom. The van der Waals surface area contributed by atoms with Gasteiger partial charge in [0, 0.05) is 18.4 Å². The van der Waals surface area contributed by atoms with E-state index in [1.165, 1.54) is 31.0 Å². The fourth-order valence-corrected chi connectivity index (χ4v) is 4.78. The SMILES string of the molecule is Cc1ccccc1NC(=O)c1cc(CN2C(=O)N(c3ccc(S(=O)(=O)C(F)(F)F)cc3)C(=O)C2(C)C)ccn1. The van der Waals surface area contributed by atoms with Crippen molar-refractivity contribution in [1.82, 2.24) is 9.88 Å². The Balaban J connectivity index is 1.57. The molecule has 3 aromatic rings. The van der Waals surface area contributed by atoms with Crippen molar-refractivity contribution in [1.29, 1.82) is 0 Å². The highest BCUT2D eigenvalue weighted by molar-refractivity contribution is 7.92. The number of carbonyl (C=O) groups excluding carboxylic acids is 3. The summed E-state index contributed by atoms with van der Waals surface area (Å²) in [6.07, 6.45) is 1.40. The summed E-state index contributed by atoms with van der Waals surface area (Å²) in [6.45, 7) is 4.76. The molecule has 0 spiro atoms. The zero-order chi connectivity index (χ0) is 28.8. The number of rotatable bonds is 6. The summed E-state index contributed by atoms with van der Waals surface area (Å²) in [7, 11) is -5.59. The van der Waals surface area contributed by atoms with E-state index >= 15 is 0 Å². The molecule has 1 aromatic heterocycles. The molecule has 9 nitrogen and oxygen atoms in total. The van der Waals surface area contributed by atoms with Crippen molar-refractivity contribution in [3.8, 4) is 0 Å². The Labute approximate surface area is 222 Å². The summed E-state index contributed by atoms with van der Waals surface area (Å²) < 4.78 is 61.9. The quantitative estimate of drug-likeness (QED) is 0.438. The Kier molecular flexibility index (Phi) is 6.98. The van der Waals surface area contributed by atoms with E-state index in [0.717, 1.165) is 22.6 Å². The average molecular weight is 561 g/mol. The number of para-hydroxylation sites is 1. The van der Waals surface area contributed by atoms with E-state index in [-0.39, 0.29) is 17.9 Å². The van der Waals surface area contributed by atoms with Crippen molar-refractivity contribution in [2.45, 2.75) is 43.3 Å². The standard InChI is InChI=1S/C26H23F3N4O5S/c1-16-6-4-5-7-20(16)31-22(34)21-14-17(12-13-30-21)15-32-24(36)33(23(35)25(32,2)3)18-8-10-19(11-9-18)39(37,38)26(27,28)29/h4-14H,15H2,1-3H3,(H,31,34). The number of nitrogens with one attached hydrogen (secondary N) is 1.